The molecule has 1 aliphatic heterocycles. The molecule has 1 unspecified atom stereocenters. The third kappa shape index (κ3) is 2.67. The summed E-state index contributed by atoms with van der Waals surface area (Å²) < 4.78 is 12.8. The Morgan fingerprint density at radius 2 is 2.38 bits per heavy atom. The zero-order chi connectivity index (χ0) is 14.9. The molecule has 3 rings (SSSR count). The maximum Gasteiger partial charge on any atom is 0.358 e. The molecular formula is C14H21N3O4. The van der Waals surface area contributed by atoms with Crippen LogP contribution < -0.4 is 0 Å². The van der Waals surface area contributed by atoms with Gasteiger partial charge in [-0.2, -0.15) is 0 Å². The predicted molar refractivity (Wildman–Crippen MR) is 73.4 cm³/mol. The Labute approximate surface area is 123 Å². The molecule has 2 fully saturated rings. The molecule has 1 aromatic heterocycles. The van der Waals surface area contributed by atoms with Crippen LogP contribution in [0.3, 0.4) is 0 Å². The van der Waals surface area contributed by atoms with Gasteiger partial charge in [-0.25, -0.2) is 9.48 Å². The lowest BCUT2D eigenvalue weighted by Gasteiger charge is -2.47. The number of carbonyl (C=O) groups is 1. The third-order valence-electron chi connectivity index (χ3n) is 4.61. The van der Waals surface area contributed by atoms with Crippen LogP contribution in [0.25, 0.3) is 0 Å². The first kappa shape index (κ1) is 14.5. The maximum atomic E-state index is 11.3. The highest BCUT2D eigenvalue weighted by atomic mass is 16.5. The Morgan fingerprint density at radius 1 is 1.57 bits per heavy atom. The SMILES string of the molecule is COCCc1c(C(=O)O)nnn1C1CCOC2(CCC2)C1. The number of carboxylic acid groups (broad SMARTS) is 1. The molecule has 21 heavy (non-hydrogen) atoms. The van der Waals surface area contributed by atoms with Crippen LogP contribution in [0.5, 0.6) is 0 Å². The molecule has 0 aromatic carbocycles. The molecule has 7 nitrogen and oxygen atoms in total. The van der Waals surface area contributed by atoms with E-state index in [1.165, 1.54) is 6.42 Å². The number of nitrogens with zero attached hydrogens (tertiary/aromatic N) is 3. The summed E-state index contributed by atoms with van der Waals surface area (Å²) in [5.41, 5.74) is 0.698. The largest absolute Gasteiger partial charge is 0.476 e. The van der Waals surface area contributed by atoms with Gasteiger partial charge in [0.25, 0.3) is 0 Å². The van der Waals surface area contributed by atoms with Crippen LogP contribution in [0.1, 0.15) is 54.3 Å². The van der Waals surface area contributed by atoms with Crippen LogP contribution in [-0.4, -0.2) is 52.0 Å². The van der Waals surface area contributed by atoms with Gasteiger partial charge in [0.2, 0.25) is 0 Å². The summed E-state index contributed by atoms with van der Waals surface area (Å²) in [6, 6.07) is 0.173. The highest BCUT2D eigenvalue weighted by Crippen LogP contribution is 2.45. The monoisotopic (exact) mass is 295 g/mol. The van der Waals surface area contributed by atoms with Crippen molar-refractivity contribution in [1.82, 2.24) is 15.0 Å². The van der Waals surface area contributed by atoms with E-state index in [1.54, 1.807) is 11.8 Å². The molecule has 1 aliphatic carbocycles. The Balaban J connectivity index is 1.84. The van der Waals surface area contributed by atoms with E-state index in [1.807, 2.05) is 0 Å². The van der Waals surface area contributed by atoms with Crippen LogP contribution >= 0.6 is 0 Å². The fourth-order valence-corrected chi connectivity index (χ4v) is 3.33. The van der Waals surface area contributed by atoms with Crippen molar-refractivity contribution in [3.8, 4) is 0 Å². The van der Waals surface area contributed by atoms with E-state index in [4.69, 9.17) is 9.47 Å². The molecule has 2 heterocycles. The van der Waals surface area contributed by atoms with Crippen molar-refractivity contribution in [2.24, 2.45) is 0 Å². The molecule has 0 amide bonds. The summed E-state index contributed by atoms with van der Waals surface area (Å²) in [7, 11) is 1.60. The zero-order valence-corrected chi connectivity index (χ0v) is 12.2. The number of rotatable bonds is 5. The van der Waals surface area contributed by atoms with Crippen molar-refractivity contribution >= 4 is 5.97 Å². The summed E-state index contributed by atoms with van der Waals surface area (Å²) in [5.74, 6) is -1.03. The van der Waals surface area contributed by atoms with Crippen LogP contribution in [0.2, 0.25) is 0 Å². The Bertz CT molecular complexity index is 524. The van der Waals surface area contributed by atoms with Crippen molar-refractivity contribution < 1.29 is 19.4 Å². The van der Waals surface area contributed by atoms with Gasteiger partial charge in [-0.15, -0.1) is 5.10 Å². The van der Waals surface area contributed by atoms with Gasteiger partial charge in [0.15, 0.2) is 5.69 Å². The topological polar surface area (TPSA) is 86.5 Å². The summed E-state index contributed by atoms with van der Waals surface area (Å²) in [4.78, 5) is 11.3. The molecule has 1 spiro atoms. The lowest BCUT2D eigenvalue weighted by molar-refractivity contribution is -0.142. The molecule has 1 aromatic rings. The molecule has 1 N–H and O–H groups in total. The predicted octanol–water partition coefficient (Wildman–Crippen LogP) is 1.44. The van der Waals surface area contributed by atoms with Crippen molar-refractivity contribution in [1.29, 1.82) is 0 Å². The van der Waals surface area contributed by atoms with Gasteiger partial charge < -0.3 is 14.6 Å². The first-order valence-electron chi connectivity index (χ1n) is 7.45. The summed E-state index contributed by atoms with van der Waals surface area (Å²) >= 11 is 0. The van der Waals surface area contributed by atoms with Gasteiger partial charge in [-0.05, 0) is 32.1 Å². The molecule has 2 aliphatic rings. The normalized spacial score (nSPS) is 24.0. The summed E-state index contributed by atoms with van der Waals surface area (Å²) in [6.07, 6.45) is 5.66. The van der Waals surface area contributed by atoms with Gasteiger partial charge >= 0.3 is 5.97 Å². The number of carboxylic acids is 1. The summed E-state index contributed by atoms with van der Waals surface area (Å²) in [5, 5.41) is 17.2. The van der Waals surface area contributed by atoms with Crippen LogP contribution in [0, 0.1) is 0 Å². The molecule has 0 bridgehead atoms. The average molecular weight is 295 g/mol. The standard InChI is InChI=1S/C14H21N3O4/c1-20-7-4-11-12(13(18)19)15-16-17(11)10-3-8-21-14(9-10)5-2-6-14/h10H,2-9H2,1H3,(H,18,19). The number of hydrogen-bond acceptors (Lipinski definition) is 5. The Hall–Kier alpha value is -1.47. The van der Waals surface area contributed by atoms with E-state index in [2.05, 4.69) is 10.3 Å². The van der Waals surface area contributed by atoms with Crippen LogP contribution in [0.15, 0.2) is 0 Å². The highest BCUT2D eigenvalue weighted by Gasteiger charge is 2.43. The zero-order valence-electron chi connectivity index (χ0n) is 12.2. The minimum Gasteiger partial charge on any atom is -0.476 e. The van der Waals surface area contributed by atoms with Crippen molar-refractivity contribution in [2.75, 3.05) is 20.3 Å². The smallest absolute Gasteiger partial charge is 0.358 e. The van der Waals surface area contributed by atoms with Gasteiger partial charge in [-0.1, -0.05) is 5.21 Å². The molecular weight excluding hydrogens is 274 g/mol. The maximum absolute atomic E-state index is 11.3. The number of hydrogen-bond donors (Lipinski definition) is 1. The van der Waals surface area contributed by atoms with E-state index in [-0.39, 0.29) is 17.3 Å². The van der Waals surface area contributed by atoms with Gasteiger partial charge in [0, 0.05) is 20.1 Å². The van der Waals surface area contributed by atoms with E-state index in [0.717, 1.165) is 25.7 Å². The highest BCUT2D eigenvalue weighted by molar-refractivity contribution is 5.86. The quantitative estimate of drug-likeness (QED) is 0.884. The van der Waals surface area contributed by atoms with E-state index in [9.17, 15) is 9.90 Å². The Kier molecular flexibility index (Phi) is 3.95. The second kappa shape index (κ2) is 5.73. The minimum atomic E-state index is -1.03. The second-order valence-electron chi connectivity index (χ2n) is 5.91. The average Bonchev–Trinajstić information content (AvgIpc) is 2.87. The second-order valence-corrected chi connectivity index (χ2v) is 5.91. The number of aromatic carboxylic acids is 1. The fraction of sp³-hybridized carbons (Fsp3) is 0.786. The molecule has 1 saturated heterocycles. The van der Waals surface area contributed by atoms with Gasteiger partial charge in [0.05, 0.1) is 23.9 Å². The van der Waals surface area contributed by atoms with E-state index >= 15 is 0 Å². The molecule has 0 radical (unpaired) electrons. The fourth-order valence-electron chi connectivity index (χ4n) is 3.33. The number of aromatic nitrogens is 3. The van der Waals surface area contributed by atoms with Crippen molar-refractivity contribution in [2.45, 2.75) is 50.2 Å². The van der Waals surface area contributed by atoms with Crippen LogP contribution in [-0.2, 0) is 15.9 Å². The molecule has 1 atom stereocenters. The minimum absolute atomic E-state index is 0.00319. The van der Waals surface area contributed by atoms with Gasteiger partial charge in [-0.3, -0.25) is 0 Å². The number of ether oxygens (including phenoxy) is 2. The first-order valence-corrected chi connectivity index (χ1v) is 7.45. The van der Waals surface area contributed by atoms with E-state index in [0.29, 0.717) is 25.3 Å². The van der Waals surface area contributed by atoms with Crippen molar-refractivity contribution in [3.63, 3.8) is 0 Å². The molecule has 116 valence electrons. The summed E-state index contributed by atoms with van der Waals surface area (Å²) in [6.45, 7) is 1.17. The van der Waals surface area contributed by atoms with E-state index < -0.39 is 5.97 Å². The third-order valence-corrected chi connectivity index (χ3v) is 4.61. The lowest BCUT2D eigenvalue weighted by atomic mass is 9.74. The van der Waals surface area contributed by atoms with Crippen molar-refractivity contribution in [3.05, 3.63) is 11.4 Å². The Morgan fingerprint density at radius 3 is 3.00 bits per heavy atom. The van der Waals surface area contributed by atoms with Crippen LogP contribution in [0.4, 0.5) is 0 Å². The first-order chi connectivity index (χ1) is 10.2. The number of methoxy groups -OCH3 is 1. The molecule has 1 saturated carbocycles. The molecule has 7 heteroatoms. The lowest BCUT2D eigenvalue weighted by Crippen LogP contribution is -2.46. The van der Waals surface area contributed by atoms with Gasteiger partial charge in [0.1, 0.15) is 0 Å².